The maximum Gasteiger partial charge on any atom is 0.142 e. The highest BCUT2D eigenvalue weighted by atomic mass is 15.1. The quantitative estimate of drug-likeness (QED) is 0.667. The van der Waals surface area contributed by atoms with E-state index in [4.69, 9.17) is 0 Å². The van der Waals surface area contributed by atoms with E-state index in [-0.39, 0.29) is 0 Å². The number of aromatic amines is 1. The van der Waals surface area contributed by atoms with Crippen LogP contribution in [-0.4, -0.2) is 18.0 Å². The van der Waals surface area contributed by atoms with Gasteiger partial charge in [-0.3, -0.25) is 5.10 Å². The van der Waals surface area contributed by atoms with Crippen LogP contribution in [0.15, 0.2) is 12.3 Å². The number of aryl methyl sites for hydroxylation is 1. The van der Waals surface area contributed by atoms with E-state index < -0.39 is 0 Å². The number of nitrogens with zero attached hydrogens (tertiary/aromatic N) is 1. The normalized spacial score (nSPS) is 11.4. The summed E-state index contributed by atoms with van der Waals surface area (Å²) in [6.45, 7) is 6.64. The summed E-state index contributed by atoms with van der Waals surface area (Å²) < 4.78 is 0. The summed E-state index contributed by atoms with van der Waals surface area (Å²) in [6.07, 6.45) is 1.89. The molecule has 0 bridgehead atoms. The third kappa shape index (κ3) is 1.24. The lowest BCUT2D eigenvalue weighted by Gasteiger charge is -2.14. The maximum absolute atomic E-state index is 4.08. The molecule has 0 aliphatic carbocycles. The van der Waals surface area contributed by atoms with E-state index >= 15 is 0 Å². The van der Waals surface area contributed by atoms with Crippen molar-refractivity contribution >= 4 is 24.2 Å². The van der Waals surface area contributed by atoms with Crippen molar-refractivity contribution in [1.29, 1.82) is 0 Å². The van der Waals surface area contributed by atoms with Crippen LogP contribution >= 0.6 is 0 Å². The Kier molecular flexibility index (Phi) is 2.10. The largest absolute Gasteiger partial charge is 0.278 e. The highest BCUT2D eigenvalue weighted by Gasteiger charge is 2.11. The van der Waals surface area contributed by atoms with Crippen LogP contribution in [0.25, 0.3) is 10.9 Å². The number of hydrogen-bond acceptors (Lipinski definition) is 1. The van der Waals surface area contributed by atoms with Gasteiger partial charge in [-0.05, 0) is 30.0 Å². The molecular weight excluding hydrogens is 171 g/mol. The van der Waals surface area contributed by atoms with Gasteiger partial charge in [0.2, 0.25) is 0 Å². The first-order valence-electron chi connectivity index (χ1n) is 5.04. The molecule has 1 aromatic carbocycles. The Hall–Kier alpha value is -1.25. The number of hydrogen-bond donors (Lipinski definition) is 1. The van der Waals surface area contributed by atoms with Crippen molar-refractivity contribution in [2.75, 3.05) is 0 Å². The number of aromatic nitrogens is 2. The first kappa shape index (κ1) is 9.32. The monoisotopic (exact) mass is 186 g/mol. The van der Waals surface area contributed by atoms with Gasteiger partial charge in [-0.1, -0.05) is 19.3 Å². The summed E-state index contributed by atoms with van der Waals surface area (Å²) in [5.74, 6) is 0.572. The minimum Gasteiger partial charge on any atom is -0.278 e. The number of H-pyrrole nitrogens is 1. The predicted octanol–water partition coefficient (Wildman–Crippen LogP) is 1.25. The van der Waals surface area contributed by atoms with Crippen molar-refractivity contribution < 1.29 is 0 Å². The Morgan fingerprint density at radius 2 is 2.14 bits per heavy atom. The lowest BCUT2D eigenvalue weighted by molar-refractivity contribution is 0.865. The van der Waals surface area contributed by atoms with Gasteiger partial charge in [-0.15, -0.1) is 0 Å². The summed E-state index contributed by atoms with van der Waals surface area (Å²) in [5.41, 5.74) is 5.33. The average molecular weight is 186 g/mol. The third-order valence-corrected chi connectivity index (χ3v) is 2.82. The molecule has 72 valence electrons. The molecule has 1 aromatic heterocycles. The number of rotatable bonds is 1. The lowest BCUT2D eigenvalue weighted by Crippen LogP contribution is -2.15. The zero-order valence-corrected chi connectivity index (χ0v) is 9.18. The Balaban J connectivity index is 2.82. The fourth-order valence-electron chi connectivity index (χ4n) is 2.34. The molecule has 2 aromatic rings. The Morgan fingerprint density at radius 3 is 2.79 bits per heavy atom. The highest BCUT2D eigenvalue weighted by Crippen LogP contribution is 2.21. The number of benzene rings is 1. The van der Waals surface area contributed by atoms with Crippen LogP contribution in [-0.2, 0) is 0 Å². The van der Waals surface area contributed by atoms with Crippen LogP contribution < -0.4 is 5.46 Å². The molecule has 2 nitrogen and oxygen atoms in total. The van der Waals surface area contributed by atoms with Crippen molar-refractivity contribution in [3.05, 3.63) is 23.4 Å². The van der Waals surface area contributed by atoms with Gasteiger partial charge in [-0.2, -0.15) is 5.10 Å². The molecule has 0 saturated carbocycles. The van der Waals surface area contributed by atoms with Crippen LogP contribution in [0, 0.1) is 6.92 Å². The van der Waals surface area contributed by atoms with E-state index in [0.29, 0.717) is 5.92 Å². The molecule has 0 radical (unpaired) electrons. The van der Waals surface area contributed by atoms with E-state index in [2.05, 4.69) is 44.9 Å². The molecule has 1 N–H and O–H groups in total. The maximum atomic E-state index is 4.08. The fraction of sp³-hybridized carbons (Fsp3) is 0.364. The highest BCUT2D eigenvalue weighted by molar-refractivity contribution is 6.39. The van der Waals surface area contributed by atoms with Crippen LogP contribution in [0.4, 0.5) is 0 Å². The van der Waals surface area contributed by atoms with Crippen molar-refractivity contribution in [1.82, 2.24) is 10.2 Å². The number of fused-ring (bicyclic) bond motifs is 1. The zero-order chi connectivity index (χ0) is 10.3. The van der Waals surface area contributed by atoms with Gasteiger partial charge in [0.1, 0.15) is 7.85 Å². The van der Waals surface area contributed by atoms with Gasteiger partial charge < -0.3 is 0 Å². The lowest BCUT2D eigenvalue weighted by atomic mass is 9.81. The van der Waals surface area contributed by atoms with E-state index in [9.17, 15) is 0 Å². The predicted molar refractivity (Wildman–Crippen MR) is 63.1 cm³/mol. The molecule has 0 saturated heterocycles. The van der Waals surface area contributed by atoms with Crippen molar-refractivity contribution in [3.8, 4) is 0 Å². The van der Waals surface area contributed by atoms with Gasteiger partial charge in [0.05, 0.1) is 11.7 Å². The van der Waals surface area contributed by atoms with Gasteiger partial charge >= 0.3 is 0 Å². The van der Waals surface area contributed by atoms with E-state index in [1.807, 2.05) is 6.20 Å². The van der Waals surface area contributed by atoms with Crippen molar-refractivity contribution in [2.24, 2.45) is 0 Å². The molecular formula is C11H15BN2. The molecule has 0 spiro atoms. The molecule has 0 unspecified atom stereocenters. The molecule has 14 heavy (non-hydrogen) atoms. The van der Waals surface area contributed by atoms with Crippen LogP contribution in [0.3, 0.4) is 0 Å². The van der Waals surface area contributed by atoms with E-state index in [1.165, 1.54) is 27.5 Å². The average Bonchev–Trinajstić information content (AvgIpc) is 2.50. The fourth-order valence-corrected chi connectivity index (χ4v) is 2.34. The van der Waals surface area contributed by atoms with Crippen LogP contribution in [0.2, 0.25) is 0 Å². The molecule has 3 heteroatoms. The molecule has 1 heterocycles. The summed E-state index contributed by atoms with van der Waals surface area (Å²) in [6, 6.07) is 2.21. The topological polar surface area (TPSA) is 28.7 Å². The standard InChI is InChI=1S/C11H15BN2/c1-6(2)9-7(3)4-8-5-13-14-11(8)10(9)12/h4-6H,12H2,1-3H3,(H,13,14). The van der Waals surface area contributed by atoms with Crippen molar-refractivity contribution in [2.45, 2.75) is 26.7 Å². The van der Waals surface area contributed by atoms with Crippen LogP contribution in [0.1, 0.15) is 30.9 Å². The third-order valence-electron chi connectivity index (χ3n) is 2.82. The molecule has 0 amide bonds. The van der Waals surface area contributed by atoms with Crippen LogP contribution in [0.5, 0.6) is 0 Å². The second-order valence-electron chi connectivity index (χ2n) is 4.22. The van der Waals surface area contributed by atoms with Gasteiger partial charge in [-0.25, -0.2) is 0 Å². The molecule has 0 fully saturated rings. The minimum absolute atomic E-state index is 0.572. The van der Waals surface area contributed by atoms with E-state index in [0.717, 1.165) is 0 Å². The van der Waals surface area contributed by atoms with Gasteiger partial charge in [0, 0.05) is 5.39 Å². The number of nitrogens with one attached hydrogen (secondary N) is 1. The molecule has 0 aliphatic rings. The van der Waals surface area contributed by atoms with Crippen molar-refractivity contribution in [3.63, 3.8) is 0 Å². The first-order valence-corrected chi connectivity index (χ1v) is 5.04. The van der Waals surface area contributed by atoms with E-state index in [1.54, 1.807) is 0 Å². The van der Waals surface area contributed by atoms with Gasteiger partial charge in [0.15, 0.2) is 0 Å². The molecule has 0 aliphatic heterocycles. The Labute approximate surface area is 85.1 Å². The second kappa shape index (κ2) is 3.16. The Morgan fingerprint density at radius 1 is 1.43 bits per heavy atom. The first-order chi connectivity index (χ1) is 6.61. The summed E-state index contributed by atoms with van der Waals surface area (Å²) in [5, 5.41) is 8.35. The summed E-state index contributed by atoms with van der Waals surface area (Å²) >= 11 is 0. The second-order valence-corrected chi connectivity index (χ2v) is 4.22. The summed E-state index contributed by atoms with van der Waals surface area (Å²) in [7, 11) is 2.17. The SMILES string of the molecule is Bc1c(C(C)C)c(C)cc2cn[nH]c12. The zero-order valence-electron chi connectivity index (χ0n) is 9.18. The molecule has 2 rings (SSSR count). The smallest absolute Gasteiger partial charge is 0.142 e. The summed E-state index contributed by atoms with van der Waals surface area (Å²) in [4.78, 5) is 0. The Bertz CT molecular complexity index is 471. The molecule has 0 atom stereocenters. The minimum atomic E-state index is 0.572. The van der Waals surface area contributed by atoms with Gasteiger partial charge in [0.25, 0.3) is 0 Å².